The maximum atomic E-state index is 13.2. The molecule has 1 aromatic heterocycles. The van der Waals surface area contributed by atoms with Crippen LogP contribution in [0.2, 0.25) is 0 Å². The average Bonchev–Trinajstić information content (AvgIpc) is 3.11. The van der Waals surface area contributed by atoms with E-state index in [0.717, 1.165) is 42.8 Å². The highest BCUT2D eigenvalue weighted by Gasteiger charge is 2.26. The molecule has 1 fully saturated rings. The monoisotopic (exact) mass is 355 g/mol. The van der Waals surface area contributed by atoms with Crippen molar-refractivity contribution in [2.24, 2.45) is 0 Å². The number of aromatic nitrogens is 2. The maximum absolute atomic E-state index is 13.2. The van der Waals surface area contributed by atoms with Gasteiger partial charge in [0.25, 0.3) is 5.91 Å². The molecule has 140 valence electrons. The van der Waals surface area contributed by atoms with E-state index in [1.165, 1.54) is 19.3 Å². The number of methoxy groups -OCH3 is 1. The lowest BCUT2D eigenvalue weighted by Crippen LogP contribution is -2.39. The third kappa shape index (κ3) is 3.76. The molecule has 0 aliphatic heterocycles. The Balaban J connectivity index is 1.93. The van der Waals surface area contributed by atoms with Gasteiger partial charge in [-0.1, -0.05) is 38.3 Å². The van der Waals surface area contributed by atoms with Crippen LogP contribution >= 0.6 is 0 Å². The molecule has 5 heteroatoms. The van der Waals surface area contributed by atoms with Gasteiger partial charge in [-0.15, -0.1) is 0 Å². The van der Waals surface area contributed by atoms with Crippen molar-refractivity contribution in [3.63, 3.8) is 0 Å². The zero-order valence-electron chi connectivity index (χ0n) is 16.1. The van der Waals surface area contributed by atoms with E-state index in [-0.39, 0.29) is 5.91 Å². The summed E-state index contributed by atoms with van der Waals surface area (Å²) in [5, 5.41) is 4.72. The lowest BCUT2D eigenvalue weighted by Gasteiger charge is -2.31. The van der Waals surface area contributed by atoms with E-state index < -0.39 is 0 Å². The van der Waals surface area contributed by atoms with E-state index in [0.29, 0.717) is 11.7 Å². The van der Waals surface area contributed by atoms with Crippen LogP contribution in [0.25, 0.3) is 11.3 Å². The fourth-order valence-electron chi connectivity index (χ4n) is 3.77. The van der Waals surface area contributed by atoms with Crippen LogP contribution in [0.4, 0.5) is 0 Å². The summed E-state index contributed by atoms with van der Waals surface area (Å²) in [6.07, 6.45) is 6.84. The molecule has 0 N–H and O–H groups in total. The van der Waals surface area contributed by atoms with Crippen LogP contribution in [0.1, 0.15) is 55.9 Å². The molecule has 2 aromatic rings. The fourth-order valence-corrected chi connectivity index (χ4v) is 3.77. The van der Waals surface area contributed by atoms with Crippen molar-refractivity contribution >= 4 is 5.91 Å². The second-order valence-electron chi connectivity index (χ2n) is 7.05. The molecule has 1 saturated carbocycles. The van der Waals surface area contributed by atoms with Gasteiger partial charge in [-0.25, -0.2) is 0 Å². The summed E-state index contributed by atoms with van der Waals surface area (Å²) in [6, 6.07) is 10.1. The molecule has 1 aromatic carbocycles. The first kappa shape index (κ1) is 18.5. The number of amides is 1. The van der Waals surface area contributed by atoms with Gasteiger partial charge in [-0.3, -0.25) is 9.48 Å². The van der Waals surface area contributed by atoms with Crippen LogP contribution in [-0.2, 0) is 6.54 Å². The SMILES string of the molecule is CCCn1nc(-c2ccccc2OC)cc1C(=O)N(C)C1CCCCC1. The summed E-state index contributed by atoms with van der Waals surface area (Å²) in [4.78, 5) is 15.1. The van der Waals surface area contributed by atoms with Gasteiger partial charge >= 0.3 is 0 Å². The van der Waals surface area contributed by atoms with Crippen LogP contribution in [0.15, 0.2) is 30.3 Å². The standard InChI is InChI=1S/C21H29N3O2/c1-4-14-24-19(21(25)23(2)16-10-6-5-7-11-16)15-18(22-24)17-12-8-9-13-20(17)26-3/h8-9,12-13,15-16H,4-7,10-11,14H2,1-3H3. The Labute approximate surface area is 156 Å². The molecule has 1 heterocycles. The van der Waals surface area contributed by atoms with E-state index in [1.54, 1.807) is 7.11 Å². The van der Waals surface area contributed by atoms with Crippen LogP contribution in [0.3, 0.4) is 0 Å². The Morgan fingerprint density at radius 3 is 2.69 bits per heavy atom. The first-order valence-corrected chi connectivity index (χ1v) is 9.64. The molecule has 1 amide bonds. The van der Waals surface area contributed by atoms with Gasteiger partial charge in [-0.2, -0.15) is 5.10 Å². The quantitative estimate of drug-likeness (QED) is 0.773. The third-order valence-electron chi connectivity index (χ3n) is 5.26. The number of rotatable bonds is 6. The van der Waals surface area contributed by atoms with Gasteiger partial charge in [-0.05, 0) is 37.5 Å². The first-order valence-electron chi connectivity index (χ1n) is 9.64. The van der Waals surface area contributed by atoms with Gasteiger partial charge in [0.2, 0.25) is 0 Å². The zero-order chi connectivity index (χ0) is 18.5. The molecule has 5 nitrogen and oxygen atoms in total. The molecule has 1 aliphatic rings. The molecule has 3 rings (SSSR count). The van der Waals surface area contributed by atoms with Crippen LogP contribution in [0, 0.1) is 0 Å². The van der Waals surface area contributed by atoms with Crippen molar-refractivity contribution in [1.82, 2.24) is 14.7 Å². The maximum Gasteiger partial charge on any atom is 0.272 e. The van der Waals surface area contributed by atoms with E-state index in [2.05, 4.69) is 6.92 Å². The van der Waals surface area contributed by atoms with Gasteiger partial charge in [0.15, 0.2) is 0 Å². The second kappa shape index (κ2) is 8.39. The van der Waals surface area contributed by atoms with Crippen LogP contribution in [0.5, 0.6) is 5.75 Å². The van der Waals surface area contributed by atoms with Gasteiger partial charge in [0.05, 0.1) is 12.8 Å². The lowest BCUT2D eigenvalue weighted by molar-refractivity contribution is 0.0683. The number of para-hydroxylation sites is 1. The summed E-state index contributed by atoms with van der Waals surface area (Å²) in [7, 11) is 3.59. The highest BCUT2D eigenvalue weighted by Crippen LogP contribution is 2.30. The number of nitrogens with zero attached hydrogens (tertiary/aromatic N) is 3. The van der Waals surface area contributed by atoms with Crippen molar-refractivity contribution in [1.29, 1.82) is 0 Å². The normalized spacial score (nSPS) is 15.0. The molecule has 1 aliphatic carbocycles. The number of carbonyl (C=O) groups is 1. The van der Waals surface area contributed by atoms with Gasteiger partial charge in [0.1, 0.15) is 11.4 Å². The number of carbonyl (C=O) groups excluding carboxylic acids is 1. The van der Waals surface area contributed by atoms with E-state index >= 15 is 0 Å². The Morgan fingerprint density at radius 2 is 2.00 bits per heavy atom. The van der Waals surface area contributed by atoms with E-state index in [4.69, 9.17) is 9.84 Å². The minimum atomic E-state index is 0.0685. The Morgan fingerprint density at radius 1 is 1.27 bits per heavy atom. The van der Waals surface area contributed by atoms with Crippen LogP contribution in [-0.4, -0.2) is 40.8 Å². The topological polar surface area (TPSA) is 47.4 Å². The average molecular weight is 355 g/mol. The third-order valence-corrected chi connectivity index (χ3v) is 5.26. The first-order chi connectivity index (χ1) is 12.7. The molecule has 0 saturated heterocycles. The van der Waals surface area contributed by atoms with Gasteiger partial charge in [0, 0.05) is 25.2 Å². The van der Waals surface area contributed by atoms with Gasteiger partial charge < -0.3 is 9.64 Å². The summed E-state index contributed by atoms with van der Waals surface area (Å²) in [5.41, 5.74) is 2.37. The number of ether oxygens (including phenoxy) is 1. The highest BCUT2D eigenvalue weighted by molar-refractivity contribution is 5.94. The molecular formula is C21H29N3O2. The van der Waals surface area contributed by atoms with Crippen molar-refractivity contribution in [2.45, 2.75) is 58.0 Å². The summed E-state index contributed by atoms with van der Waals surface area (Å²) >= 11 is 0. The van der Waals surface area contributed by atoms with Crippen molar-refractivity contribution in [3.05, 3.63) is 36.0 Å². The highest BCUT2D eigenvalue weighted by atomic mass is 16.5. The lowest BCUT2D eigenvalue weighted by atomic mass is 9.94. The molecule has 0 bridgehead atoms. The van der Waals surface area contributed by atoms with Crippen molar-refractivity contribution in [3.8, 4) is 17.0 Å². The Bertz CT molecular complexity index is 747. The second-order valence-corrected chi connectivity index (χ2v) is 7.05. The van der Waals surface area contributed by atoms with E-state index in [9.17, 15) is 4.79 Å². The van der Waals surface area contributed by atoms with E-state index in [1.807, 2.05) is 47.0 Å². The molecule has 26 heavy (non-hydrogen) atoms. The fraction of sp³-hybridized carbons (Fsp3) is 0.524. The Hall–Kier alpha value is -2.30. The number of hydrogen-bond donors (Lipinski definition) is 0. The summed E-state index contributed by atoms with van der Waals surface area (Å²) < 4.78 is 7.32. The Kier molecular flexibility index (Phi) is 5.96. The predicted octanol–water partition coefficient (Wildman–Crippen LogP) is 4.37. The largest absolute Gasteiger partial charge is 0.496 e. The summed E-state index contributed by atoms with van der Waals surface area (Å²) in [6.45, 7) is 2.83. The number of hydrogen-bond acceptors (Lipinski definition) is 3. The number of aryl methyl sites for hydroxylation is 1. The van der Waals surface area contributed by atoms with Crippen molar-refractivity contribution in [2.75, 3.05) is 14.2 Å². The zero-order valence-corrected chi connectivity index (χ0v) is 16.1. The molecular weight excluding hydrogens is 326 g/mol. The molecule has 0 atom stereocenters. The minimum absolute atomic E-state index is 0.0685. The van der Waals surface area contributed by atoms with Crippen molar-refractivity contribution < 1.29 is 9.53 Å². The smallest absolute Gasteiger partial charge is 0.272 e. The molecule has 0 radical (unpaired) electrons. The summed E-state index contributed by atoms with van der Waals surface area (Å²) in [5.74, 6) is 0.840. The molecule has 0 spiro atoms. The van der Waals surface area contributed by atoms with Crippen LogP contribution < -0.4 is 4.74 Å². The minimum Gasteiger partial charge on any atom is -0.496 e. The predicted molar refractivity (Wildman–Crippen MR) is 103 cm³/mol. The molecule has 0 unspecified atom stereocenters. The number of benzene rings is 1.